The highest BCUT2D eigenvalue weighted by Crippen LogP contribution is 2.39. The number of thiophene rings is 1. The summed E-state index contributed by atoms with van der Waals surface area (Å²) in [6.45, 7) is 3.46. The van der Waals surface area contributed by atoms with Crippen LogP contribution in [0.25, 0.3) is 5.57 Å². The van der Waals surface area contributed by atoms with Crippen molar-refractivity contribution in [3.05, 3.63) is 51.5 Å². The molecule has 0 aliphatic carbocycles. The number of ether oxygens (including phenoxy) is 1. The maximum absolute atomic E-state index is 12.8. The van der Waals surface area contributed by atoms with Gasteiger partial charge in [0.1, 0.15) is 5.76 Å². The lowest BCUT2D eigenvalue weighted by Crippen LogP contribution is -2.33. The molecule has 25 heavy (non-hydrogen) atoms. The third-order valence-corrected chi connectivity index (χ3v) is 5.69. The highest BCUT2D eigenvalue weighted by molar-refractivity contribution is 8.03. The summed E-state index contributed by atoms with van der Waals surface area (Å²) in [6, 6.07) is 7.44. The standard InChI is InChI=1S/C18H19NO4S2/c1-2-22-9-5-8-19-17(20)15(14-7-4-11-24-14)16(18(19)21)25-12-13-6-3-10-23-13/h3-4,6-7,10-11H,2,5,8-9,12H2,1H3. The van der Waals surface area contributed by atoms with Gasteiger partial charge in [-0.1, -0.05) is 6.07 Å². The van der Waals surface area contributed by atoms with Crippen LogP contribution in [0.15, 0.2) is 45.2 Å². The highest BCUT2D eigenvalue weighted by atomic mass is 32.2. The lowest BCUT2D eigenvalue weighted by atomic mass is 10.2. The topological polar surface area (TPSA) is 59.8 Å². The van der Waals surface area contributed by atoms with Gasteiger partial charge in [0.15, 0.2) is 0 Å². The van der Waals surface area contributed by atoms with Crippen molar-refractivity contribution in [1.29, 1.82) is 0 Å². The molecule has 2 aromatic rings. The number of carbonyl (C=O) groups is 2. The molecule has 3 rings (SSSR count). The van der Waals surface area contributed by atoms with Gasteiger partial charge >= 0.3 is 0 Å². The number of furan rings is 1. The Morgan fingerprint density at radius 3 is 2.80 bits per heavy atom. The summed E-state index contributed by atoms with van der Waals surface area (Å²) in [7, 11) is 0. The molecule has 3 heterocycles. The number of nitrogens with zero attached hydrogens (tertiary/aromatic N) is 1. The van der Waals surface area contributed by atoms with E-state index in [0.29, 0.717) is 42.4 Å². The predicted octanol–water partition coefficient (Wildman–Crippen LogP) is 3.78. The predicted molar refractivity (Wildman–Crippen MR) is 99.1 cm³/mol. The summed E-state index contributed by atoms with van der Waals surface area (Å²) >= 11 is 2.82. The Bertz CT molecular complexity index is 750. The lowest BCUT2D eigenvalue weighted by Gasteiger charge is -2.14. The third kappa shape index (κ3) is 4.05. The van der Waals surface area contributed by atoms with Crippen molar-refractivity contribution in [2.24, 2.45) is 0 Å². The molecule has 132 valence electrons. The first-order valence-electron chi connectivity index (χ1n) is 8.09. The summed E-state index contributed by atoms with van der Waals surface area (Å²) in [4.78, 5) is 28.3. The molecular formula is C18H19NO4S2. The maximum Gasteiger partial charge on any atom is 0.268 e. The molecule has 0 aromatic carbocycles. The Morgan fingerprint density at radius 2 is 2.12 bits per heavy atom. The second-order valence-corrected chi connectivity index (χ2v) is 7.30. The molecule has 0 fully saturated rings. The largest absolute Gasteiger partial charge is 0.468 e. The van der Waals surface area contributed by atoms with Gasteiger partial charge in [0.2, 0.25) is 0 Å². The average molecular weight is 377 g/mol. The smallest absolute Gasteiger partial charge is 0.268 e. The van der Waals surface area contributed by atoms with Gasteiger partial charge in [-0.05, 0) is 36.9 Å². The Balaban J connectivity index is 1.78. The summed E-state index contributed by atoms with van der Waals surface area (Å²) in [6.07, 6.45) is 2.24. The Kier molecular flexibility index (Phi) is 6.12. The SMILES string of the molecule is CCOCCCN1C(=O)C(SCc2ccco2)=C(c2cccs2)C1=O. The van der Waals surface area contributed by atoms with E-state index in [9.17, 15) is 9.59 Å². The Morgan fingerprint density at radius 1 is 1.24 bits per heavy atom. The molecule has 0 spiro atoms. The minimum absolute atomic E-state index is 0.217. The minimum Gasteiger partial charge on any atom is -0.468 e. The molecule has 0 bridgehead atoms. The van der Waals surface area contributed by atoms with Crippen molar-refractivity contribution in [1.82, 2.24) is 4.90 Å². The fourth-order valence-electron chi connectivity index (χ4n) is 2.54. The zero-order valence-corrected chi connectivity index (χ0v) is 15.5. The van der Waals surface area contributed by atoms with E-state index >= 15 is 0 Å². The summed E-state index contributed by atoms with van der Waals surface area (Å²) < 4.78 is 10.6. The van der Waals surface area contributed by atoms with Crippen molar-refractivity contribution in [3.63, 3.8) is 0 Å². The van der Waals surface area contributed by atoms with Gasteiger partial charge in [-0.15, -0.1) is 23.1 Å². The Hall–Kier alpha value is -1.83. The number of rotatable bonds is 9. The van der Waals surface area contributed by atoms with Crippen LogP contribution in [0, 0.1) is 0 Å². The van der Waals surface area contributed by atoms with Crippen molar-refractivity contribution in [2.75, 3.05) is 19.8 Å². The van der Waals surface area contributed by atoms with Gasteiger partial charge in [0.05, 0.1) is 22.5 Å². The normalized spacial score (nSPS) is 14.8. The van der Waals surface area contributed by atoms with Crippen LogP contribution in [0.3, 0.4) is 0 Å². The van der Waals surface area contributed by atoms with Gasteiger partial charge in [0, 0.05) is 24.6 Å². The van der Waals surface area contributed by atoms with Gasteiger partial charge in [-0.2, -0.15) is 0 Å². The number of imide groups is 1. The molecule has 1 aliphatic rings. The molecule has 0 N–H and O–H groups in total. The van der Waals surface area contributed by atoms with Crippen LogP contribution < -0.4 is 0 Å². The van der Waals surface area contributed by atoms with Crippen molar-refractivity contribution in [2.45, 2.75) is 19.1 Å². The van der Waals surface area contributed by atoms with E-state index in [1.807, 2.05) is 36.6 Å². The van der Waals surface area contributed by atoms with Crippen LogP contribution >= 0.6 is 23.1 Å². The molecular weight excluding hydrogens is 358 g/mol. The summed E-state index contributed by atoms with van der Waals surface area (Å²) in [5, 5.41) is 1.91. The van der Waals surface area contributed by atoms with Gasteiger partial charge in [-0.3, -0.25) is 14.5 Å². The second kappa shape index (κ2) is 8.51. The molecule has 7 heteroatoms. The number of amides is 2. The molecule has 0 saturated heterocycles. The van der Waals surface area contributed by atoms with Gasteiger partial charge in [0.25, 0.3) is 11.8 Å². The number of hydrogen-bond donors (Lipinski definition) is 0. The second-order valence-electron chi connectivity index (χ2n) is 5.36. The molecule has 0 radical (unpaired) electrons. The highest BCUT2D eigenvalue weighted by Gasteiger charge is 2.39. The van der Waals surface area contributed by atoms with E-state index in [1.165, 1.54) is 28.0 Å². The summed E-state index contributed by atoms with van der Waals surface area (Å²) in [5.74, 6) is 0.855. The van der Waals surface area contributed by atoms with Crippen molar-refractivity contribution in [3.8, 4) is 0 Å². The van der Waals surface area contributed by atoms with E-state index < -0.39 is 0 Å². The van der Waals surface area contributed by atoms with E-state index in [1.54, 1.807) is 6.26 Å². The van der Waals surface area contributed by atoms with Crippen LogP contribution in [0.2, 0.25) is 0 Å². The number of hydrogen-bond acceptors (Lipinski definition) is 6. The molecule has 2 aromatic heterocycles. The van der Waals surface area contributed by atoms with E-state index in [4.69, 9.17) is 9.15 Å². The lowest BCUT2D eigenvalue weighted by molar-refractivity contribution is -0.136. The quantitative estimate of drug-likeness (QED) is 0.492. The number of thioether (sulfide) groups is 1. The average Bonchev–Trinajstić information content (AvgIpc) is 3.34. The van der Waals surface area contributed by atoms with Crippen molar-refractivity contribution < 1.29 is 18.7 Å². The molecule has 0 unspecified atom stereocenters. The molecule has 1 aliphatic heterocycles. The first-order valence-corrected chi connectivity index (χ1v) is 9.96. The molecule has 0 atom stereocenters. The Labute approximate surface area is 154 Å². The summed E-state index contributed by atoms with van der Waals surface area (Å²) in [5.41, 5.74) is 0.507. The third-order valence-electron chi connectivity index (χ3n) is 3.71. The fraction of sp³-hybridized carbons (Fsp3) is 0.333. The zero-order valence-electron chi connectivity index (χ0n) is 13.9. The first-order chi connectivity index (χ1) is 12.2. The molecule has 2 amide bonds. The van der Waals surface area contributed by atoms with Crippen LogP contribution in [0.4, 0.5) is 0 Å². The van der Waals surface area contributed by atoms with Crippen LogP contribution in [-0.2, 0) is 20.1 Å². The minimum atomic E-state index is -0.221. The first kappa shape index (κ1) is 18.0. The monoisotopic (exact) mass is 377 g/mol. The fourth-order valence-corrected chi connectivity index (χ4v) is 4.39. The van der Waals surface area contributed by atoms with Gasteiger partial charge in [-0.25, -0.2) is 0 Å². The van der Waals surface area contributed by atoms with Crippen LogP contribution in [0.1, 0.15) is 24.0 Å². The maximum atomic E-state index is 12.8. The van der Waals surface area contributed by atoms with E-state index in [0.717, 1.165) is 10.6 Å². The van der Waals surface area contributed by atoms with Gasteiger partial charge < -0.3 is 9.15 Å². The zero-order chi connectivity index (χ0) is 17.6. The van der Waals surface area contributed by atoms with Crippen LogP contribution in [0.5, 0.6) is 0 Å². The van der Waals surface area contributed by atoms with E-state index in [-0.39, 0.29) is 11.8 Å². The van der Waals surface area contributed by atoms with Crippen LogP contribution in [-0.4, -0.2) is 36.5 Å². The van der Waals surface area contributed by atoms with E-state index in [2.05, 4.69) is 0 Å². The van der Waals surface area contributed by atoms with Crippen molar-refractivity contribution >= 4 is 40.5 Å². The number of carbonyl (C=O) groups excluding carboxylic acids is 2. The molecule has 0 saturated carbocycles. The molecule has 5 nitrogen and oxygen atoms in total.